The van der Waals surface area contributed by atoms with Gasteiger partial charge >= 0.3 is 5.97 Å². The van der Waals surface area contributed by atoms with Gasteiger partial charge in [-0.2, -0.15) is 9.40 Å². The lowest BCUT2D eigenvalue weighted by molar-refractivity contribution is -0.144. The Hall–Kier alpha value is -3.29. The normalized spacial score (nSPS) is 14.4. The molecule has 12 nitrogen and oxygen atoms in total. The van der Waals surface area contributed by atoms with E-state index in [0.29, 0.717) is 67.1 Å². The number of fused-ring (bicyclic) bond motifs is 1. The highest BCUT2D eigenvalue weighted by atomic mass is 32.2. The van der Waals surface area contributed by atoms with Gasteiger partial charge in [-0.25, -0.2) is 13.4 Å². The second kappa shape index (κ2) is 14.5. The molecule has 3 heterocycles. The molecule has 0 amide bonds. The quantitative estimate of drug-likeness (QED) is 0.189. The van der Waals surface area contributed by atoms with Gasteiger partial charge in [-0.1, -0.05) is 39.5 Å². The van der Waals surface area contributed by atoms with Crippen molar-refractivity contribution in [1.82, 2.24) is 29.0 Å². The molecular formula is C30H44N6O6S. The molecule has 0 spiro atoms. The molecule has 1 aliphatic heterocycles. The zero-order valence-corrected chi connectivity index (χ0v) is 26.7. The van der Waals surface area contributed by atoms with Crippen molar-refractivity contribution in [3.63, 3.8) is 0 Å². The molecule has 13 heteroatoms. The van der Waals surface area contributed by atoms with Crippen LogP contribution < -0.4 is 10.3 Å². The van der Waals surface area contributed by atoms with Gasteiger partial charge in [0.15, 0.2) is 5.52 Å². The molecule has 0 aliphatic carbocycles. The van der Waals surface area contributed by atoms with E-state index in [1.54, 1.807) is 13.1 Å². The maximum atomic E-state index is 13.6. The number of hydrogen-bond donors (Lipinski definition) is 1. The van der Waals surface area contributed by atoms with Crippen molar-refractivity contribution in [3.8, 4) is 17.1 Å². The lowest BCUT2D eigenvalue weighted by Gasteiger charge is -2.42. The molecule has 3 aromatic rings. The van der Waals surface area contributed by atoms with Crippen LogP contribution in [0.25, 0.3) is 22.4 Å². The number of H-pyrrole nitrogens is 1. The van der Waals surface area contributed by atoms with Gasteiger partial charge in [0.05, 0.1) is 22.8 Å². The number of rotatable bonds is 16. The van der Waals surface area contributed by atoms with Gasteiger partial charge in [-0.15, -0.1) is 0 Å². The summed E-state index contributed by atoms with van der Waals surface area (Å²) in [6.45, 7) is 7.80. The number of ether oxygens (including phenoxy) is 2. The molecule has 1 saturated heterocycles. The van der Waals surface area contributed by atoms with Crippen LogP contribution in [-0.4, -0.2) is 89.3 Å². The summed E-state index contributed by atoms with van der Waals surface area (Å²) in [6.07, 6.45) is 6.04. The molecule has 4 rings (SSSR count). The molecule has 1 fully saturated rings. The van der Waals surface area contributed by atoms with E-state index in [0.717, 1.165) is 32.1 Å². The Kier molecular flexibility index (Phi) is 11.0. The van der Waals surface area contributed by atoms with Gasteiger partial charge in [0.25, 0.3) is 5.56 Å². The number of aryl methyl sites for hydroxylation is 2. The number of benzene rings is 1. The Morgan fingerprint density at radius 3 is 2.60 bits per heavy atom. The highest BCUT2D eigenvalue weighted by Gasteiger charge is 2.39. The number of nitrogens with zero attached hydrogens (tertiary/aromatic N) is 5. The molecule has 0 saturated carbocycles. The van der Waals surface area contributed by atoms with Crippen LogP contribution in [0.1, 0.15) is 65.0 Å². The molecule has 236 valence electrons. The first-order valence-electron chi connectivity index (χ1n) is 15.2. The van der Waals surface area contributed by atoms with Crippen molar-refractivity contribution in [2.24, 2.45) is 7.05 Å². The summed E-state index contributed by atoms with van der Waals surface area (Å²) < 4.78 is 41.3. The molecule has 2 aromatic heterocycles. The summed E-state index contributed by atoms with van der Waals surface area (Å²) in [5.74, 6) is 0.462. The predicted molar refractivity (Wildman–Crippen MR) is 165 cm³/mol. The van der Waals surface area contributed by atoms with Crippen LogP contribution in [0.2, 0.25) is 0 Å². The molecule has 0 radical (unpaired) electrons. The zero-order chi connectivity index (χ0) is 31.1. The number of aromatic nitrogens is 4. The summed E-state index contributed by atoms with van der Waals surface area (Å²) in [5.41, 5.74) is 1.61. The molecule has 0 bridgehead atoms. The fraction of sp³-hybridized carbons (Fsp3) is 0.600. The van der Waals surface area contributed by atoms with Crippen LogP contribution in [0.4, 0.5) is 0 Å². The van der Waals surface area contributed by atoms with Gasteiger partial charge in [-0.05, 0) is 45.0 Å². The van der Waals surface area contributed by atoms with Gasteiger partial charge in [-0.3, -0.25) is 19.2 Å². The van der Waals surface area contributed by atoms with E-state index in [9.17, 15) is 18.0 Å². The third-order valence-corrected chi connectivity index (χ3v) is 9.61. The second-order valence-corrected chi connectivity index (χ2v) is 12.9. The van der Waals surface area contributed by atoms with Crippen molar-refractivity contribution in [2.45, 2.75) is 76.7 Å². The molecule has 43 heavy (non-hydrogen) atoms. The Morgan fingerprint density at radius 2 is 1.91 bits per heavy atom. The zero-order valence-electron chi connectivity index (χ0n) is 25.9. The van der Waals surface area contributed by atoms with E-state index >= 15 is 0 Å². The molecule has 1 aromatic carbocycles. The van der Waals surface area contributed by atoms with Crippen LogP contribution >= 0.6 is 0 Å². The lowest BCUT2D eigenvalue weighted by atomic mass is 10.1. The highest BCUT2D eigenvalue weighted by molar-refractivity contribution is 7.89. The van der Waals surface area contributed by atoms with Gasteiger partial charge < -0.3 is 14.5 Å². The van der Waals surface area contributed by atoms with Crippen molar-refractivity contribution >= 4 is 27.0 Å². The third kappa shape index (κ3) is 7.44. The van der Waals surface area contributed by atoms with Crippen LogP contribution in [0.3, 0.4) is 0 Å². The van der Waals surface area contributed by atoms with Crippen LogP contribution in [0.5, 0.6) is 5.75 Å². The third-order valence-electron chi connectivity index (χ3n) is 7.79. The van der Waals surface area contributed by atoms with E-state index < -0.39 is 10.0 Å². The van der Waals surface area contributed by atoms with Crippen molar-refractivity contribution in [2.75, 3.05) is 39.9 Å². The number of unbranched alkanes of at least 4 members (excludes halogenated alkanes) is 3. The van der Waals surface area contributed by atoms with Gasteiger partial charge in [0.2, 0.25) is 10.0 Å². The summed E-state index contributed by atoms with van der Waals surface area (Å²) in [7, 11) is -0.206. The monoisotopic (exact) mass is 616 g/mol. The molecule has 1 aliphatic rings. The maximum absolute atomic E-state index is 13.6. The van der Waals surface area contributed by atoms with E-state index in [-0.39, 0.29) is 34.9 Å². The summed E-state index contributed by atoms with van der Waals surface area (Å²) in [4.78, 5) is 34.6. The number of hydrogen-bond acceptors (Lipinski definition) is 9. The average molecular weight is 617 g/mol. The van der Waals surface area contributed by atoms with Gasteiger partial charge in [0, 0.05) is 39.1 Å². The summed E-state index contributed by atoms with van der Waals surface area (Å²) >= 11 is 0. The first kappa shape index (κ1) is 32.6. The number of carbonyl (C=O) groups excluding carboxylic acids is 1. The molecule has 0 atom stereocenters. The molecule has 1 N–H and O–H groups in total. The summed E-state index contributed by atoms with van der Waals surface area (Å²) in [5, 5.41) is 4.47. The van der Waals surface area contributed by atoms with Crippen molar-refractivity contribution in [3.05, 3.63) is 34.2 Å². The Morgan fingerprint density at radius 1 is 1.14 bits per heavy atom. The van der Waals surface area contributed by atoms with Crippen molar-refractivity contribution in [1.29, 1.82) is 0 Å². The Bertz CT molecular complexity index is 1580. The number of nitrogens with one attached hydrogen (secondary N) is 1. The number of aromatic amines is 1. The number of sulfonamides is 1. The average Bonchev–Trinajstić information content (AvgIpc) is 3.25. The van der Waals surface area contributed by atoms with Crippen LogP contribution in [0.15, 0.2) is 27.9 Å². The molecule has 0 unspecified atom stereocenters. The molecular weight excluding hydrogens is 572 g/mol. The number of esters is 1. The summed E-state index contributed by atoms with van der Waals surface area (Å²) in [6, 6.07) is 4.65. The largest absolute Gasteiger partial charge is 0.493 e. The predicted octanol–water partition coefficient (Wildman–Crippen LogP) is 3.49. The first-order valence-corrected chi connectivity index (χ1v) is 16.6. The maximum Gasteiger partial charge on any atom is 0.305 e. The van der Waals surface area contributed by atoms with Crippen molar-refractivity contribution < 1.29 is 22.7 Å². The van der Waals surface area contributed by atoms with Crippen LogP contribution in [-0.2, 0) is 33.0 Å². The Balaban J connectivity index is 1.46. The van der Waals surface area contributed by atoms with Gasteiger partial charge in [0.1, 0.15) is 23.7 Å². The second-order valence-electron chi connectivity index (χ2n) is 11.0. The van der Waals surface area contributed by atoms with E-state index in [1.807, 2.05) is 25.8 Å². The fourth-order valence-electron chi connectivity index (χ4n) is 5.21. The van der Waals surface area contributed by atoms with E-state index in [2.05, 4.69) is 17.0 Å². The first-order chi connectivity index (χ1) is 20.6. The topological polar surface area (TPSA) is 140 Å². The van der Waals surface area contributed by atoms with E-state index in [4.69, 9.17) is 14.5 Å². The van der Waals surface area contributed by atoms with Crippen LogP contribution in [0, 0.1) is 0 Å². The lowest BCUT2D eigenvalue weighted by Crippen LogP contribution is -2.60. The van der Waals surface area contributed by atoms with E-state index in [1.165, 1.54) is 21.1 Å². The minimum atomic E-state index is -3.82. The minimum absolute atomic E-state index is 0.0168. The number of carbonyl (C=O) groups is 1. The number of likely N-dealkylation sites (N-methyl/N-ethyl adjacent to an activating group) is 1. The fourth-order valence-corrected chi connectivity index (χ4v) is 6.75. The smallest absolute Gasteiger partial charge is 0.305 e. The minimum Gasteiger partial charge on any atom is -0.493 e. The highest BCUT2D eigenvalue weighted by Crippen LogP contribution is 2.33. The SMILES string of the molecule is CCCCCCC(=O)OCCN(C)C1CN(S(=O)(=O)c2ccc(OCC)c(-c3nc4c(CCC)nn(C)c4c(=O)[nH]3)c2)C1. The standard InChI is InChI=1S/C30H44N6O6S/c1-6-9-10-11-13-26(37)42-17-16-34(4)21-19-36(20-21)43(39,40)22-14-15-25(41-8-3)23(18-22)29-31-27-24(12-7-2)33-35(5)28(27)30(38)32-29/h14-15,18,21H,6-13,16-17,19-20H2,1-5H3,(H,31,32,38). The Labute approximate surface area is 253 Å².